The maximum Gasteiger partial charge on any atom is 0.350 e. The van der Waals surface area contributed by atoms with Gasteiger partial charge in [0.05, 0.1) is 12.7 Å². The van der Waals surface area contributed by atoms with Crippen molar-refractivity contribution in [2.75, 3.05) is 7.11 Å². The van der Waals surface area contributed by atoms with E-state index in [0.29, 0.717) is 12.1 Å². The molecule has 0 aliphatic carbocycles. The Kier molecular flexibility index (Phi) is 6.71. The summed E-state index contributed by atoms with van der Waals surface area (Å²) in [7, 11) is 0.841. The normalized spacial score (nSPS) is 15.4. The van der Waals surface area contributed by atoms with Crippen LogP contribution in [0.25, 0.3) is 0 Å². The average Bonchev–Trinajstić information content (AvgIpc) is 2.60. The summed E-state index contributed by atoms with van der Waals surface area (Å²) in [4.78, 5) is 34.3. The Hall–Kier alpha value is -3.09. The summed E-state index contributed by atoms with van der Waals surface area (Å²) in [5.41, 5.74) is -0.563. The van der Waals surface area contributed by atoms with E-state index < -0.39 is 65.1 Å². The molecule has 1 aromatic carbocycles. The number of hydrogen-bond donors (Lipinski definition) is 7. The molecule has 7 N–H and O–H groups in total. The molecule has 0 aliphatic heterocycles. The first-order chi connectivity index (χ1) is 12.0. The molecule has 0 radical (unpaired) electrons. The number of hydrogen-bond acceptors (Lipinski definition) is 11. The van der Waals surface area contributed by atoms with Gasteiger partial charge in [-0.25, -0.2) is 14.4 Å². The highest BCUT2D eigenvalue weighted by Gasteiger charge is 2.41. The summed E-state index contributed by atoms with van der Waals surface area (Å²) < 4.78 is 8.89. The van der Waals surface area contributed by atoms with Crippen LogP contribution in [0.5, 0.6) is 17.2 Å². The van der Waals surface area contributed by atoms with Gasteiger partial charge in [0.2, 0.25) is 6.10 Å². The molecule has 0 bridgehead atoms. The van der Waals surface area contributed by atoms with E-state index in [9.17, 15) is 45.0 Å². The van der Waals surface area contributed by atoms with Crippen LogP contribution >= 0.6 is 0 Å². The molecule has 1 aromatic rings. The van der Waals surface area contributed by atoms with E-state index in [1.54, 1.807) is 0 Å². The Balaban J connectivity index is 3.10. The number of phenolic OH excluding ortho intramolecular Hbond substituents is 3. The molecule has 12 heteroatoms. The second-order valence-electron chi connectivity index (χ2n) is 4.98. The summed E-state index contributed by atoms with van der Waals surface area (Å²) in [6, 6.07) is 1.33. The van der Waals surface area contributed by atoms with Gasteiger partial charge < -0.3 is 45.2 Å². The van der Waals surface area contributed by atoms with Crippen LogP contribution in [0.2, 0.25) is 0 Å². The topological polar surface area (TPSA) is 211 Å². The van der Waals surface area contributed by atoms with Crippen LogP contribution in [0, 0.1) is 0 Å². The summed E-state index contributed by atoms with van der Waals surface area (Å²) in [5, 5.41) is 65.2. The first-order valence-electron chi connectivity index (χ1n) is 6.82. The van der Waals surface area contributed by atoms with Crippen LogP contribution in [0.3, 0.4) is 0 Å². The molecular formula is C14H16O12. The van der Waals surface area contributed by atoms with Crippen molar-refractivity contribution in [2.45, 2.75) is 24.4 Å². The summed E-state index contributed by atoms with van der Waals surface area (Å²) >= 11 is 0. The number of aliphatic hydroxyl groups excluding tert-OH is 3. The Morgan fingerprint density at radius 2 is 1.46 bits per heavy atom. The van der Waals surface area contributed by atoms with E-state index in [-0.39, 0.29) is 0 Å². The smallest absolute Gasteiger partial charge is 0.350 e. The summed E-state index contributed by atoms with van der Waals surface area (Å²) in [6.45, 7) is 0. The van der Waals surface area contributed by atoms with Gasteiger partial charge in [0.25, 0.3) is 0 Å². The zero-order valence-electron chi connectivity index (χ0n) is 13.1. The molecule has 0 aliphatic rings. The Labute approximate surface area is 145 Å². The van der Waals surface area contributed by atoms with Gasteiger partial charge in [-0.2, -0.15) is 0 Å². The lowest BCUT2D eigenvalue weighted by Crippen LogP contribution is -2.51. The van der Waals surface area contributed by atoms with Gasteiger partial charge in [0.1, 0.15) is 12.2 Å². The monoisotopic (exact) mass is 376 g/mol. The molecule has 0 amide bonds. The number of ether oxygens (including phenoxy) is 2. The minimum atomic E-state index is -2.50. The molecule has 4 atom stereocenters. The molecule has 0 heterocycles. The van der Waals surface area contributed by atoms with Gasteiger partial charge in [-0.1, -0.05) is 0 Å². The third-order valence-electron chi connectivity index (χ3n) is 3.21. The lowest BCUT2D eigenvalue weighted by molar-refractivity contribution is -0.174. The molecular weight excluding hydrogens is 360 g/mol. The minimum Gasteiger partial charge on any atom is -0.504 e. The quantitative estimate of drug-likeness (QED) is 0.197. The number of esters is 2. The largest absolute Gasteiger partial charge is 0.504 e. The highest BCUT2D eigenvalue weighted by molar-refractivity contribution is 5.93. The summed E-state index contributed by atoms with van der Waals surface area (Å²) in [5.74, 6) is -7.44. The van der Waals surface area contributed by atoms with E-state index in [1.807, 2.05) is 0 Å². The average molecular weight is 376 g/mol. The lowest BCUT2D eigenvalue weighted by atomic mass is 10.0. The molecule has 26 heavy (non-hydrogen) atoms. The van der Waals surface area contributed by atoms with Gasteiger partial charge in [0.15, 0.2) is 23.4 Å². The molecule has 0 saturated heterocycles. The van der Waals surface area contributed by atoms with E-state index >= 15 is 0 Å². The highest BCUT2D eigenvalue weighted by Crippen LogP contribution is 2.35. The fourth-order valence-corrected chi connectivity index (χ4v) is 1.79. The third-order valence-corrected chi connectivity index (χ3v) is 3.21. The number of aromatic hydroxyl groups is 3. The molecule has 144 valence electrons. The fourth-order valence-electron chi connectivity index (χ4n) is 1.79. The van der Waals surface area contributed by atoms with Gasteiger partial charge in [-0.05, 0) is 12.1 Å². The van der Waals surface area contributed by atoms with Crippen molar-refractivity contribution in [1.82, 2.24) is 0 Å². The Morgan fingerprint density at radius 1 is 0.962 bits per heavy atom. The number of rotatable bonds is 7. The zero-order valence-corrected chi connectivity index (χ0v) is 13.1. The van der Waals surface area contributed by atoms with Crippen molar-refractivity contribution in [1.29, 1.82) is 0 Å². The number of benzene rings is 1. The van der Waals surface area contributed by atoms with Crippen LogP contribution in [0.1, 0.15) is 10.4 Å². The second-order valence-corrected chi connectivity index (χ2v) is 4.98. The number of carboxylic acid groups (broad SMARTS) is 1. The number of phenols is 3. The van der Waals surface area contributed by atoms with Crippen LogP contribution < -0.4 is 0 Å². The van der Waals surface area contributed by atoms with Crippen LogP contribution in [0.15, 0.2) is 12.1 Å². The van der Waals surface area contributed by atoms with Crippen LogP contribution in [0.4, 0.5) is 0 Å². The van der Waals surface area contributed by atoms with Crippen molar-refractivity contribution >= 4 is 17.9 Å². The number of methoxy groups -OCH3 is 1. The lowest BCUT2D eigenvalue weighted by Gasteiger charge is -2.26. The van der Waals surface area contributed by atoms with E-state index in [1.165, 1.54) is 0 Å². The molecule has 0 spiro atoms. The van der Waals surface area contributed by atoms with E-state index in [0.717, 1.165) is 7.11 Å². The molecule has 0 unspecified atom stereocenters. The Morgan fingerprint density at radius 3 is 1.88 bits per heavy atom. The molecule has 12 nitrogen and oxygen atoms in total. The maximum absolute atomic E-state index is 12.0. The number of aliphatic carboxylic acids is 1. The van der Waals surface area contributed by atoms with Crippen molar-refractivity contribution in [3.8, 4) is 17.2 Å². The van der Waals surface area contributed by atoms with Crippen molar-refractivity contribution in [3.63, 3.8) is 0 Å². The number of carboxylic acids is 1. The number of carbonyl (C=O) groups is 3. The first-order valence-corrected chi connectivity index (χ1v) is 6.82. The van der Waals surface area contributed by atoms with Crippen molar-refractivity contribution in [3.05, 3.63) is 17.7 Å². The Bertz CT molecular complexity index is 676. The molecule has 0 saturated carbocycles. The standard InChI is InChI=1S/C14H16O12/c1-25-14(24)11(9(19)8(18)10(20)12(21)22)26-13(23)4-2-5(15)7(17)6(16)3-4/h2-3,8-11,15-20H,1H3,(H,21,22)/t8-,9+,10+,11-/m0/s1. The summed E-state index contributed by atoms with van der Waals surface area (Å²) in [6.07, 6.45) is -9.57. The molecule has 0 aromatic heterocycles. The predicted molar refractivity (Wildman–Crippen MR) is 78.3 cm³/mol. The maximum atomic E-state index is 12.0. The predicted octanol–water partition coefficient (Wildman–Crippen LogP) is -2.33. The van der Waals surface area contributed by atoms with Gasteiger partial charge >= 0.3 is 17.9 Å². The SMILES string of the molecule is COC(=O)[C@@H](OC(=O)c1cc(O)c(O)c(O)c1)[C@H](O)[C@H](O)[C@@H](O)C(=O)O. The number of aliphatic hydroxyl groups is 3. The molecule has 0 fully saturated rings. The molecule has 1 rings (SSSR count). The van der Waals surface area contributed by atoms with Crippen LogP contribution in [-0.2, 0) is 19.1 Å². The van der Waals surface area contributed by atoms with Crippen LogP contribution in [-0.4, -0.2) is 85.2 Å². The highest BCUT2D eigenvalue weighted by atomic mass is 16.6. The second kappa shape index (κ2) is 8.33. The first kappa shape index (κ1) is 21.0. The van der Waals surface area contributed by atoms with Crippen molar-refractivity contribution < 1.29 is 59.6 Å². The van der Waals surface area contributed by atoms with Crippen molar-refractivity contribution in [2.24, 2.45) is 0 Å². The van der Waals surface area contributed by atoms with E-state index in [4.69, 9.17) is 5.11 Å². The zero-order chi connectivity index (χ0) is 20.2. The minimum absolute atomic E-state index is 0.563. The van der Waals surface area contributed by atoms with Gasteiger partial charge in [-0.3, -0.25) is 0 Å². The van der Waals surface area contributed by atoms with E-state index in [2.05, 4.69) is 9.47 Å². The number of carbonyl (C=O) groups excluding carboxylic acids is 2. The van der Waals surface area contributed by atoms with Gasteiger partial charge in [0, 0.05) is 0 Å². The third kappa shape index (κ3) is 4.50. The van der Waals surface area contributed by atoms with Gasteiger partial charge in [-0.15, -0.1) is 0 Å². The fraction of sp³-hybridized carbons (Fsp3) is 0.357.